The zero-order valence-electron chi connectivity index (χ0n) is 11.2. The van der Waals surface area contributed by atoms with Crippen LogP contribution in [0.4, 0.5) is 0 Å². The fourth-order valence-electron chi connectivity index (χ4n) is 1.98. The first-order valence-corrected chi connectivity index (χ1v) is 7.01. The number of hydrogen-bond donors (Lipinski definition) is 1. The minimum Gasteiger partial charge on any atom is -0.483 e. The lowest BCUT2D eigenvalue weighted by atomic mass is 10.1. The van der Waals surface area contributed by atoms with Crippen molar-refractivity contribution in [2.24, 2.45) is 5.73 Å². The molecular weight excluding hydrogens is 278 g/mol. The Labute approximate surface area is 122 Å². The van der Waals surface area contributed by atoms with Crippen molar-refractivity contribution in [2.75, 3.05) is 0 Å². The van der Waals surface area contributed by atoms with Gasteiger partial charge in [0, 0.05) is 22.5 Å². The summed E-state index contributed by atoms with van der Waals surface area (Å²) in [6.45, 7) is 2.12. The van der Waals surface area contributed by atoms with Gasteiger partial charge in [0.1, 0.15) is 5.75 Å². The molecule has 1 aromatic carbocycles. The predicted octanol–water partition coefficient (Wildman–Crippen LogP) is 3.20. The van der Waals surface area contributed by atoms with E-state index in [9.17, 15) is 0 Å². The molecular formula is C14H16ClN3O2. The summed E-state index contributed by atoms with van der Waals surface area (Å²) < 4.78 is 10.9. The Bertz CT molecular complexity index is 608. The molecule has 0 aliphatic heterocycles. The lowest BCUT2D eigenvalue weighted by molar-refractivity contribution is 0.240. The van der Waals surface area contributed by atoms with Crippen LogP contribution in [-0.4, -0.2) is 10.1 Å². The highest BCUT2D eigenvalue weighted by Crippen LogP contribution is 2.38. The Morgan fingerprint density at radius 1 is 1.50 bits per heavy atom. The van der Waals surface area contributed by atoms with Gasteiger partial charge in [-0.05, 0) is 38.0 Å². The standard InChI is InChI=1S/C14H16ClN3O2/c1-8(16)11-6-10(15)4-5-12(11)19-7-13-17-14(18-20-13)9-2-3-9/h4-6,8-9H,2-3,7,16H2,1H3. The fraction of sp³-hybridized carbons (Fsp3) is 0.429. The van der Waals surface area contributed by atoms with Gasteiger partial charge in [0.2, 0.25) is 0 Å². The fourth-order valence-corrected chi connectivity index (χ4v) is 2.16. The maximum Gasteiger partial charge on any atom is 0.264 e. The molecule has 0 spiro atoms. The van der Waals surface area contributed by atoms with E-state index in [0.29, 0.717) is 22.6 Å². The Morgan fingerprint density at radius 2 is 2.30 bits per heavy atom. The van der Waals surface area contributed by atoms with E-state index in [2.05, 4.69) is 10.1 Å². The van der Waals surface area contributed by atoms with Crippen LogP contribution < -0.4 is 10.5 Å². The zero-order chi connectivity index (χ0) is 14.1. The molecule has 20 heavy (non-hydrogen) atoms. The van der Waals surface area contributed by atoms with Crippen molar-refractivity contribution >= 4 is 11.6 Å². The molecule has 1 unspecified atom stereocenters. The summed E-state index contributed by atoms with van der Waals surface area (Å²) in [6, 6.07) is 5.23. The van der Waals surface area contributed by atoms with Crippen LogP contribution in [0.2, 0.25) is 5.02 Å². The van der Waals surface area contributed by atoms with E-state index in [0.717, 1.165) is 24.2 Å². The summed E-state index contributed by atoms with van der Waals surface area (Å²) in [5, 5.41) is 4.59. The Balaban J connectivity index is 1.70. The predicted molar refractivity (Wildman–Crippen MR) is 74.7 cm³/mol. The molecule has 1 aliphatic carbocycles. The SMILES string of the molecule is CC(N)c1cc(Cl)ccc1OCc1nc(C2CC2)no1. The minimum absolute atomic E-state index is 0.159. The number of benzene rings is 1. The van der Waals surface area contributed by atoms with Crippen molar-refractivity contribution in [1.82, 2.24) is 10.1 Å². The van der Waals surface area contributed by atoms with Crippen molar-refractivity contribution in [3.05, 3.63) is 40.5 Å². The third-order valence-corrected chi connectivity index (χ3v) is 3.47. The van der Waals surface area contributed by atoms with Crippen LogP contribution in [0.5, 0.6) is 5.75 Å². The highest BCUT2D eigenvalue weighted by atomic mass is 35.5. The van der Waals surface area contributed by atoms with Crippen LogP contribution in [0.25, 0.3) is 0 Å². The molecule has 1 aromatic heterocycles. The lowest BCUT2D eigenvalue weighted by Crippen LogP contribution is -2.08. The number of nitrogens with two attached hydrogens (primary N) is 1. The minimum atomic E-state index is -0.159. The van der Waals surface area contributed by atoms with Gasteiger partial charge in [-0.1, -0.05) is 16.8 Å². The van der Waals surface area contributed by atoms with Gasteiger partial charge in [0.15, 0.2) is 12.4 Å². The first-order chi connectivity index (χ1) is 9.63. The second-order valence-electron chi connectivity index (χ2n) is 5.08. The van der Waals surface area contributed by atoms with Crippen molar-refractivity contribution in [3.63, 3.8) is 0 Å². The van der Waals surface area contributed by atoms with Crippen LogP contribution in [0, 0.1) is 0 Å². The summed E-state index contributed by atoms with van der Waals surface area (Å²) in [7, 11) is 0. The second kappa shape index (κ2) is 5.42. The average Bonchev–Trinajstić information content (AvgIpc) is 3.17. The van der Waals surface area contributed by atoms with E-state index < -0.39 is 0 Å². The van der Waals surface area contributed by atoms with Crippen molar-refractivity contribution in [1.29, 1.82) is 0 Å². The molecule has 2 N–H and O–H groups in total. The molecule has 0 amide bonds. The monoisotopic (exact) mass is 293 g/mol. The zero-order valence-corrected chi connectivity index (χ0v) is 11.9. The van der Waals surface area contributed by atoms with Gasteiger partial charge in [-0.15, -0.1) is 0 Å². The van der Waals surface area contributed by atoms with Crippen molar-refractivity contribution in [3.8, 4) is 5.75 Å². The summed E-state index contributed by atoms with van der Waals surface area (Å²) in [5.74, 6) is 2.43. The third kappa shape index (κ3) is 2.94. The molecule has 1 saturated carbocycles. The van der Waals surface area contributed by atoms with E-state index in [-0.39, 0.29) is 12.6 Å². The van der Waals surface area contributed by atoms with Crippen LogP contribution in [0.1, 0.15) is 49.0 Å². The number of hydrogen-bond acceptors (Lipinski definition) is 5. The van der Waals surface area contributed by atoms with Crippen LogP contribution in [-0.2, 0) is 6.61 Å². The normalized spacial score (nSPS) is 16.1. The molecule has 1 atom stereocenters. The van der Waals surface area contributed by atoms with E-state index in [1.54, 1.807) is 12.1 Å². The van der Waals surface area contributed by atoms with E-state index >= 15 is 0 Å². The lowest BCUT2D eigenvalue weighted by Gasteiger charge is -2.13. The largest absolute Gasteiger partial charge is 0.483 e. The van der Waals surface area contributed by atoms with E-state index in [1.807, 2.05) is 13.0 Å². The van der Waals surface area contributed by atoms with Gasteiger partial charge in [-0.25, -0.2) is 0 Å². The Morgan fingerprint density at radius 3 is 3.00 bits per heavy atom. The number of ether oxygens (including phenoxy) is 1. The molecule has 106 valence electrons. The molecule has 0 saturated heterocycles. The van der Waals surface area contributed by atoms with Gasteiger partial charge < -0.3 is 15.0 Å². The van der Waals surface area contributed by atoms with E-state index in [1.165, 1.54) is 0 Å². The Kier molecular flexibility index (Phi) is 3.63. The molecule has 0 radical (unpaired) electrons. The molecule has 2 aromatic rings. The smallest absolute Gasteiger partial charge is 0.264 e. The third-order valence-electron chi connectivity index (χ3n) is 3.24. The molecule has 1 heterocycles. The van der Waals surface area contributed by atoms with Gasteiger partial charge in [0.25, 0.3) is 5.89 Å². The van der Waals surface area contributed by atoms with Crippen LogP contribution in [0.3, 0.4) is 0 Å². The van der Waals surface area contributed by atoms with Crippen LogP contribution in [0.15, 0.2) is 22.7 Å². The number of nitrogens with zero attached hydrogens (tertiary/aromatic N) is 2. The molecule has 3 rings (SSSR count). The first-order valence-electron chi connectivity index (χ1n) is 6.64. The van der Waals surface area contributed by atoms with Crippen molar-refractivity contribution < 1.29 is 9.26 Å². The van der Waals surface area contributed by atoms with Gasteiger partial charge in [-0.3, -0.25) is 0 Å². The molecule has 6 heteroatoms. The van der Waals surface area contributed by atoms with Gasteiger partial charge in [-0.2, -0.15) is 4.98 Å². The van der Waals surface area contributed by atoms with Gasteiger partial charge >= 0.3 is 0 Å². The van der Waals surface area contributed by atoms with Crippen LogP contribution >= 0.6 is 11.6 Å². The highest BCUT2D eigenvalue weighted by molar-refractivity contribution is 6.30. The highest BCUT2D eigenvalue weighted by Gasteiger charge is 2.28. The number of rotatable bonds is 5. The van der Waals surface area contributed by atoms with Gasteiger partial charge in [0.05, 0.1) is 0 Å². The first kappa shape index (κ1) is 13.4. The second-order valence-corrected chi connectivity index (χ2v) is 5.52. The quantitative estimate of drug-likeness (QED) is 0.916. The average molecular weight is 294 g/mol. The maximum absolute atomic E-state index is 5.97. The molecule has 1 fully saturated rings. The number of halogens is 1. The number of aromatic nitrogens is 2. The summed E-state index contributed by atoms with van der Waals surface area (Å²) in [6.07, 6.45) is 2.29. The van der Waals surface area contributed by atoms with Crippen molar-refractivity contribution in [2.45, 2.75) is 38.3 Å². The maximum atomic E-state index is 5.97. The topological polar surface area (TPSA) is 74.2 Å². The molecule has 5 nitrogen and oxygen atoms in total. The summed E-state index contributed by atoms with van der Waals surface area (Å²) in [4.78, 5) is 4.32. The summed E-state index contributed by atoms with van der Waals surface area (Å²) >= 11 is 5.97. The Hall–Kier alpha value is -1.59. The summed E-state index contributed by atoms with van der Waals surface area (Å²) in [5.41, 5.74) is 6.78. The molecule has 0 bridgehead atoms. The van der Waals surface area contributed by atoms with E-state index in [4.69, 9.17) is 26.6 Å². The molecule has 1 aliphatic rings.